The first-order valence-electron chi connectivity index (χ1n) is 13.1. The van der Waals surface area contributed by atoms with Crippen molar-refractivity contribution < 1.29 is 19.1 Å². The first-order valence-corrected chi connectivity index (χ1v) is 13.1. The molecular formula is C29H38N4O4. The monoisotopic (exact) mass is 506 g/mol. The SMILES string of the molecule is CNC(=O)C(CCC=O)N1Cc2c(OCc3ccc(CN4CCC(N(C)C)CC4)cc3)cccc2C1=O. The molecule has 37 heavy (non-hydrogen) atoms. The van der Waals surface area contributed by atoms with Gasteiger partial charge in [-0.15, -0.1) is 0 Å². The van der Waals surface area contributed by atoms with E-state index in [1.165, 1.54) is 30.4 Å². The van der Waals surface area contributed by atoms with Gasteiger partial charge >= 0.3 is 0 Å². The maximum absolute atomic E-state index is 13.1. The zero-order valence-electron chi connectivity index (χ0n) is 22.1. The Balaban J connectivity index is 1.36. The van der Waals surface area contributed by atoms with Crippen LogP contribution < -0.4 is 10.1 Å². The average Bonchev–Trinajstić information content (AvgIpc) is 3.25. The van der Waals surface area contributed by atoms with Crippen LogP contribution in [0.1, 0.15) is 52.7 Å². The van der Waals surface area contributed by atoms with Crippen molar-refractivity contribution in [2.75, 3.05) is 34.2 Å². The van der Waals surface area contributed by atoms with Crippen LogP contribution in [0.25, 0.3) is 0 Å². The van der Waals surface area contributed by atoms with Gasteiger partial charge in [0.15, 0.2) is 0 Å². The van der Waals surface area contributed by atoms with Crippen molar-refractivity contribution in [2.24, 2.45) is 0 Å². The lowest BCUT2D eigenvalue weighted by Gasteiger charge is -2.35. The number of likely N-dealkylation sites (tertiary alicyclic amines) is 1. The number of piperidine rings is 1. The van der Waals surface area contributed by atoms with Gasteiger partial charge in [0.1, 0.15) is 24.7 Å². The fourth-order valence-electron chi connectivity index (χ4n) is 5.29. The summed E-state index contributed by atoms with van der Waals surface area (Å²) in [5.74, 6) is 0.166. The van der Waals surface area contributed by atoms with Gasteiger partial charge in [-0.2, -0.15) is 0 Å². The van der Waals surface area contributed by atoms with Gasteiger partial charge in [-0.25, -0.2) is 0 Å². The van der Waals surface area contributed by atoms with Crippen molar-refractivity contribution in [2.45, 2.75) is 57.5 Å². The van der Waals surface area contributed by atoms with Crippen LogP contribution in [0.2, 0.25) is 0 Å². The van der Waals surface area contributed by atoms with Crippen LogP contribution in [0.3, 0.4) is 0 Å². The zero-order valence-corrected chi connectivity index (χ0v) is 22.1. The second-order valence-electron chi connectivity index (χ2n) is 10.2. The molecule has 2 amide bonds. The highest BCUT2D eigenvalue weighted by Gasteiger charge is 2.37. The average molecular weight is 507 g/mol. The lowest BCUT2D eigenvalue weighted by Crippen LogP contribution is -2.46. The van der Waals surface area contributed by atoms with Crippen molar-refractivity contribution in [3.05, 3.63) is 64.7 Å². The number of fused-ring (bicyclic) bond motifs is 1. The van der Waals surface area contributed by atoms with E-state index in [1.54, 1.807) is 12.1 Å². The lowest BCUT2D eigenvalue weighted by atomic mass is 10.0. The van der Waals surface area contributed by atoms with Crippen molar-refractivity contribution in [1.82, 2.24) is 20.0 Å². The molecule has 0 bridgehead atoms. The van der Waals surface area contributed by atoms with Gasteiger partial charge in [0.2, 0.25) is 5.91 Å². The normalized spacial score (nSPS) is 17.1. The number of hydrogen-bond donors (Lipinski definition) is 1. The van der Waals surface area contributed by atoms with E-state index in [2.05, 4.69) is 53.5 Å². The maximum Gasteiger partial charge on any atom is 0.255 e. The molecule has 2 aliphatic rings. The Bertz CT molecular complexity index is 1090. The summed E-state index contributed by atoms with van der Waals surface area (Å²) in [6.45, 7) is 3.88. The minimum absolute atomic E-state index is 0.209. The quantitative estimate of drug-likeness (QED) is 0.472. The van der Waals surface area contributed by atoms with Crippen molar-refractivity contribution >= 4 is 18.1 Å². The molecule has 0 aliphatic carbocycles. The lowest BCUT2D eigenvalue weighted by molar-refractivity contribution is -0.125. The van der Waals surface area contributed by atoms with Crippen molar-refractivity contribution in [3.8, 4) is 5.75 Å². The second-order valence-corrected chi connectivity index (χ2v) is 10.2. The molecule has 0 spiro atoms. The van der Waals surface area contributed by atoms with Gasteiger partial charge in [0.25, 0.3) is 5.91 Å². The van der Waals surface area contributed by atoms with E-state index in [0.717, 1.165) is 37.0 Å². The topological polar surface area (TPSA) is 82.2 Å². The van der Waals surface area contributed by atoms with E-state index in [9.17, 15) is 14.4 Å². The van der Waals surface area contributed by atoms with Gasteiger partial charge in [0.05, 0.1) is 6.54 Å². The Labute approximate surface area is 219 Å². The molecule has 1 N–H and O–H groups in total. The van der Waals surface area contributed by atoms with E-state index in [0.29, 0.717) is 30.4 Å². The Kier molecular flexibility index (Phi) is 8.95. The zero-order chi connectivity index (χ0) is 26.4. The molecule has 1 atom stereocenters. The van der Waals surface area contributed by atoms with E-state index >= 15 is 0 Å². The number of nitrogens with one attached hydrogen (secondary N) is 1. The summed E-state index contributed by atoms with van der Waals surface area (Å²) >= 11 is 0. The number of benzene rings is 2. The van der Waals surface area contributed by atoms with E-state index in [4.69, 9.17) is 4.74 Å². The summed E-state index contributed by atoms with van der Waals surface area (Å²) in [5.41, 5.74) is 3.68. The van der Waals surface area contributed by atoms with Crippen LogP contribution in [-0.4, -0.2) is 79.1 Å². The number of amides is 2. The van der Waals surface area contributed by atoms with E-state index in [-0.39, 0.29) is 24.8 Å². The molecule has 2 aromatic rings. The predicted octanol–water partition coefficient (Wildman–Crippen LogP) is 2.84. The van der Waals surface area contributed by atoms with Gasteiger partial charge in [0, 0.05) is 37.2 Å². The summed E-state index contributed by atoms with van der Waals surface area (Å²) < 4.78 is 6.15. The number of carbonyl (C=O) groups is 3. The summed E-state index contributed by atoms with van der Waals surface area (Å²) in [5, 5.41) is 2.61. The minimum Gasteiger partial charge on any atom is -0.489 e. The Hall–Kier alpha value is -3.23. The highest BCUT2D eigenvalue weighted by atomic mass is 16.5. The molecule has 1 saturated heterocycles. The first kappa shape index (κ1) is 26.8. The molecule has 0 saturated carbocycles. The van der Waals surface area contributed by atoms with Crippen LogP contribution in [0.15, 0.2) is 42.5 Å². The molecule has 2 heterocycles. The Morgan fingerprint density at radius 3 is 2.49 bits per heavy atom. The van der Waals surface area contributed by atoms with Crippen LogP contribution in [0, 0.1) is 0 Å². The molecule has 4 rings (SSSR count). The van der Waals surface area contributed by atoms with E-state index in [1.807, 2.05) is 6.07 Å². The molecule has 198 valence electrons. The molecule has 1 fully saturated rings. The number of nitrogens with zero attached hydrogens (tertiary/aromatic N) is 3. The van der Waals surface area contributed by atoms with E-state index < -0.39 is 6.04 Å². The molecule has 0 aromatic heterocycles. The van der Waals surface area contributed by atoms with Gasteiger partial charge in [-0.3, -0.25) is 14.5 Å². The summed E-state index contributed by atoms with van der Waals surface area (Å²) in [6, 6.07) is 14.0. The van der Waals surface area contributed by atoms with Gasteiger partial charge < -0.3 is 24.6 Å². The van der Waals surface area contributed by atoms with Gasteiger partial charge in [-0.05, 0) is 69.7 Å². The number of hydrogen-bond acceptors (Lipinski definition) is 6. The standard InChI is InChI=1S/C29H38N4O4/c1-30-28(35)26(7-5-17-34)33-19-25-24(29(33)36)6-4-8-27(25)37-20-22-11-9-21(10-12-22)18-32-15-13-23(14-16-32)31(2)3/h4,6,8-12,17,23,26H,5,7,13-16,18-20H2,1-3H3,(H,30,35). The molecule has 2 aromatic carbocycles. The molecule has 8 nitrogen and oxygen atoms in total. The van der Waals surface area contributed by atoms with Gasteiger partial charge in [-0.1, -0.05) is 30.3 Å². The highest BCUT2D eigenvalue weighted by molar-refractivity contribution is 6.01. The minimum atomic E-state index is -0.691. The molecule has 1 unspecified atom stereocenters. The summed E-state index contributed by atoms with van der Waals surface area (Å²) in [7, 11) is 5.86. The number of carbonyl (C=O) groups excluding carboxylic acids is 3. The number of aldehydes is 1. The maximum atomic E-state index is 13.1. The molecule has 0 radical (unpaired) electrons. The summed E-state index contributed by atoms with van der Waals surface area (Å²) in [4.78, 5) is 42.8. The fraction of sp³-hybridized carbons (Fsp3) is 0.483. The third-order valence-electron chi connectivity index (χ3n) is 7.55. The number of ether oxygens (including phenoxy) is 1. The summed E-state index contributed by atoms with van der Waals surface area (Å²) in [6.07, 6.45) is 3.70. The smallest absolute Gasteiger partial charge is 0.255 e. The largest absolute Gasteiger partial charge is 0.489 e. The van der Waals surface area contributed by atoms with Crippen molar-refractivity contribution in [1.29, 1.82) is 0 Å². The molecule has 8 heteroatoms. The third kappa shape index (κ3) is 6.37. The Morgan fingerprint density at radius 2 is 1.84 bits per heavy atom. The fourth-order valence-corrected chi connectivity index (χ4v) is 5.29. The van der Waals surface area contributed by atoms with Crippen LogP contribution in [0.4, 0.5) is 0 Å². The first-order chi connectivity index (χ1) is 17.9. The predicted molar refractivity (Wildman–Crippen MR) is 142 cm³/mol. The van der Waals surface area contributed by atoms with Crippen LogP contribution in [-0.2, 0) is 29.3 Å². The Morgan fingerprint density at radius 1 is 1.14 bits per heavy atom. The van der Waals surface area contributed by atoms with Crippen LogP contribution in [0.5, 0.6) is 5.75 Å². The second kappa shape index (κ2) is 12.3. The highest BCUT2D eigenvalue weighted by Crippen LogP contribution is 2.33. The van der Waals surface area contributed by atoms with Crippen LogP contribution >= 0.6 is 0 Å². The number of likely N-dealkylation sites (N-methyl/N-ethyl adjacent to an activating group) is 1. The van der Waals surface area contributed by atoms with Crippen molar-refractivity contribution in [3.63, 3.8) is 0 Å². The molecular weight excluding hydrogens is 468 g/mol. The molecule has 2 aliphatic heterocycles. The number of rotatable bonds is 11. The third-order valence-corrected chi connectivity index (χ3v) is 7.55.